The van der Waals surface area contributed by atoms with Crippen LogP contribution in [0.25, 0.3) is 0 Å². The Morgan fingerprint density at radius 2 is 1.63 bits per heavy atom. The van der Waals surface area contributed by atoms with Crippen LogP contribution in [0.4, 0.5) is 4.79 Å². The number of rotatable bonds is 13. The van der Waals surface area contributed by atoms with Crippen molar-refractivity contribution in [3.05, 3.63) is 0 Å². The van der Waals surface area contributed by atoms with Gasteiger partial charge in [0.05, 0.1) is 18.6 Å². The number of carbonyl (C=O) groups is 6. The molecule has 0 aromatic heterocycles. The van der Waals surface area contributed by atoms with Crippen LogP contribution in [0.1, 0.15) is 74.7 Å². The van der Waals surface area contributed by atoms with E-state index in [1.807, 2.05) is 41.5 Å². The second kappa shape index (κ2) is 14.0. The molecule has 1 saturated carbocycles. The number of hydrogen-bond donors (Lipinski definition) is 4. The largest absolute Gasteiger partial charge is 0.344 e. The predicted molar refractivity (Wildman–Crippen MR) is 154 cm³/mol. The Morgan fingerprint density at radius 3 is 2.15 bits per heavy atom. The third kappa shape index (κ3) is 8.54. The zero-order valence-corrected chi connectivity index (χ0v) is 25.6. The van der Waals surface area contributed by atoms with Crippen LogP contribution in [-0.4, -0.2) is 77.5 Å². The molecule has 0 bridgehead atoms. The van der Waals surface area contributed by atoms with Crippen molar-refractivity contribution in [1.82, 2.24) is 26.2 Å². The molecule has 0 aromatic carbocycles. The number of carbonyl (C=O) groups excluding carboxylic acids is 6. The van der Waals surface area contributed by atoms with Crippen molar-refractivity contribution in [2.75, 3.05) is 13.1 Å². The lowest BCUT2D eigenvalue weighted by Crippen LogP contribution is -2.62. The summed E-state index contributed by atoms with van der Waals surface area (Å²) in [4.78, 5) is 79.6. The number of hydrogen-bond acceptors (Lipinski definition) is 6. The summed E-state index contributed by atoms with van der Waals surface area (Å²) in [5, 5.41) is 10.5. The Bertz CT molecular complexity index is 1070. The first-order chi connectivity index (χ1) is 19.0. The highest BCUT2D eigenvalue weighted by Crippen LogP contribution is 2.50. The van der Waals surface area contributed by atoms with E-state index < -0.39 is 59.1 Å². The van der Waals surface area contributed by atoms with Crippen molar-refractivity contribution in [3.8, 4) is 12.3 Å². The molecule has 1 heterocycles. The Labute approximate surface area is 243 Å². The summed E-state index contributed by atoms with van der Waals surface area (Å²) in [7, 11) is 0. The van der Waals surface area contributed by atoms with Crippen LogP contribution in [0.2, 0.25) is 0 Å². The molecule has 1 aliphatic heterocycles. The van der Waals surface area contributed by atoms with Gasteiger partial charge >= 0.3 is 6.03 Å². The Kier molecular flexibility index (Phi) is 11.5. The quantitative estimate of drug-likeness (QED) is 0.193. The van der Waals surface area contributed by atoms with Crippen molar-refractivity contribution in [2.24, 2.45) is 29.1 Å². The SMILES string of the molecule is C#CCNC(=O)C(=O)C(CCC)NC(=O)[C@@H]1[C@H]2C[C@H]2CN1C(=O)[C@@H](NC(=O)N[C@H](C(=O)C(C)C)C(C)C)C(C)(C)C. The van der Waals surface area contributed by atoms with Crippen LogP contribution in [0, 0.1) is 41.4 Å². The lowest BCUT2D eigenvalue weighted by Gasteiger charge is -2.37. The summed E-state index contributed by atoms with van der Waals surface area (Å²) in [6, 6.07) is -4.21. The molecule has 2 rings (SSSR count). The van der Waals surface area contributed by atoms with E-state index in [1.165, 1.54) is 4.90 Å². The highest BCUT2D eigenvalue weighted by atomic mass is 16.2. The van der Waals surface area contributed by atoms with Gasteiger partial charge in [0.15, 0.2) is 5.78 Å². The molecule has 2 aliphatic rings. The minimum absolute atomic E-state index is 0.0602. The smallest absolute Gasteiger partial charge is 0.316 e. The lowest BCUT2D eigenvalue weighted by atomic mass is 9.85. The number of ketones is 2. The van der Waals surface area contributed by atoms with E-state index in [9.17, 15) is 28.8 Å². The Balaban J connectivity index is 2.22. The third-order valence-electron chi connectivity index (χ3n) is 7.70. The van der Waals surface area contributed by atoms with Crippen LogP contribution in [0.15, 0.2) is 0 Å². The maximum atomic E-state index is 13.9. The minimum atomic E-state index is -1.05. The van der Waals surface area contributed by atoms with Crippen molar-refractivity contribution >= 4 is 35.3 Å². The maximum absolute atomic E-state index is 13.9. The average molecular weight is 574 g/mol. The van der Waals surface area contributed by atoms with E-state index in [1.54, 1.807) is 13.8 Å². The molecular formula is C30H47N5O6. The number of likely N-dealkylation sites (tertiary alicyclic amines) is 1. The van der Waals surface area contributed by atoms with Crippen LogP contribution in [0.3, 0.4) is 0 Å². The first-order valence-electron chi connectivity index (χ1n) is 14.5. The molecule has 1 unspecified atom stereocenters. The summed E-state index contributed by atoms with van der Waals surface area (Å²) in [6.45, 7) is 14.7. The fourth-order valence-corrected chi connectivity index (χ4v) is 5.27. The average Bonchev–Trinajstić information content (AvgIpc) is 3.55. The molecule has 228 valence electrons. The number of nitrogens with zero attached hydrogens (tertiary/aromatic N) is 1. The van der Waals surface area contributed by atoms with Gasteiger partial charge in [0.2, 0.25) is 17.6 Å². The molecule has 11 heteroatoms. The summed E-state index contributed by atoms with van der Waals surface area (Å²) in [5.74, 6) is -0.777. The molecule has 41 heavy (non-hydrogen) atoms. The number of urea groups is 1. The second-order valence-corrected chi connectivity index (χ2v) is 12.9. The van der Waals surface area contributed by atoms with Gasteiger partial charge in [-0.15, -0.1) is 6.42 Å². The monoisotopic (exact) mass is 573 g/mol. The summed E-state index contributed by atoms with van der Waals surface area (Å²) in [5.41, 5.74) is -0.715. The Hall–Kier alpha value is -3.42. The van der Waals surface area contributed by atoms with Gasteiger partial charge < -0.3 is 26.2 Å². The van der Waals surface area contributed by atoms with Crippen molar-refractivity contribution in [2.45, 2.75) is 98.8 Å². The highest BCUT2D eigenvalue weighted by Gasteiger charge is 2.58. The zero-order chi connectivity index (χ0) is 31.2. The normalized spacial score (nSPS) is 21.7. The van der Waals surface area contributed by atoms with E-state index in [0.717, 1.165) is 6.42 Å². The first-order valence-corrected chi connectivity index (χ1v) is 14.5. The van der Waals surface area contributed by atoms with Crippen LogP contribution in [-0.2, 0) is 24.0 Å². The maximum Gasteiger partial charge on any atom is 0.316 e. The molecule has 5 amide bonds. The molecule has 11 nitrogen and oxygen atoms in total. The fraction of sp³-hybridized carbons (Fsp3) is 0.733. The number of nitrogens with one attached hydrogen (secondary N) is 4. The van der Waals surface area contributed by atoms with Gasteiger partial charge in [0, 0.05) is 12.5 Å². The highest BCUT2D eigenvalue weighted by molar-refractivity contribution is 6.38. The van der Waals surface area contributed by atoms with Gasteiger partial charge in [0.25, 0.3) is 5.91 Å². The molecule has 0 radical (unpaired) electrons. The molecule has 4 N–H and O–H groups in total. The van der Waals surface area contributed by atoms with Gasteiger partial charge in [-0.25, -0.2) is 4.79 Å². The Morgan fingerprint density at radius 1 is 1.00 bits per heavy atom. The van der Waals surface area contributed by atoms with Crippen molar-refractivity contribution in [3.63, 3.8) is 0 Å². The molecule has 6 atom stereocenters. The van der Waals surface area contributed by atoms with Gasteiger partial charge in [0.1, 0.15) is 12.1 Å². The van der Waals surface area contributed by atoms with E-state index >= 15 is 0 Å². The molecule has 1 aliphatic carbocycles. The van der Waals surface area contributed by atoms with Crippen LogP contribution < -0.4 is 21.3 Å². The summed E-state index contributed by atoms with van der Waals surface area (Å²) < 4.78 is 0. The molecule has 1 saturated heterocycles. The lowest BCUT2D eigenvalue weighted by molar-refractivity contribution is -0.144. The van der Waals surface area contributed by atoms with Crippen LogP contribution >= 0.6 is 0 Å². The van der Waals surface area contributed by atoms with Crippen molar-refractivity contribution in [1.29, 1.82) is 0 Å². The zero-order valence-electron chi connectivity index (χ0n) is 25.6. The predicted octanol–water partition coefficient (Wildman–Crippen LogP) is 1.40. The third-order valence-corrected chi connectivity index (χ3v) is 7.70. The first kappa shape index (κ1) is 33.8. The molecule has 0 aromatic rings. The molecule has 0 spiro atoms. The fourth-order valence-electron chi connectivity index (χ4n) is 5.27. The number of Topliss-reactive ketones (excluding diaryl/α,β-unsaturated/α-hetero) is 2. The van der Waals surface area contributed by atoms with E-state index in [0.29, 0.717) is 13.0 Å². The number of amides is 5. The summed E-state index contributed by atoms with van der Waals surface area (Å²) in [6.07, 6.45) is 6.73. The van der Waals surface area contributed by atoms with E-state index in [-0.39, 0.29) is 42.4 Å². The number of fused-ring (bicyclic) bond motifs is 1. The van der Waals surface area contributed by atoms with Gasteiger partial charge in [-0.05, 0) is 36.0 Å². The summed E-state index contributed by atoms with van der Waals surface area (Å²) >= 11 is 0. The van der Waals surface area contributed by atoms with Gasteiger partial charge in [-0.2, -0.15) is 0 Å². The van der Waals surface area contributed by atoms with E-state index in [4.69, 9.17) is 6.42 Å². The molecule has 2 fully saturated rings. The minimum Gasteiger partial charge on any atom is -0.344 e. The van der Waals surface area contributed by atoms with E-state index in [2.05, 4.69) is 27.2 Å². The van der Waals surface area contributed by atoms with Gasteiger partial charge in [-0.1, -0.05) is 67.7 Å². The van der Waals surface area contributed by atoms with Crippen LogP contribution in [0.5, 0.6) is 0 Å². The second-order valence-electron chi connectivity index (χ2n) is 12.9. The topological polar surface area (TPSA) is 154 Å². The standard InChI is InChI=1S/C30H47N5O6/c1-10-12-20(24(37)27(39)31-13-11-2)32-26(38)22-19-14-18(19)15-35(22)28(40)25(30(7,8)9)34-29(41)33-21(16(3)4)23(36)17(5)6/h2,16-22,25H,10,12-15H2,1,3-9H3,(H,31,39)(H,32,38)(H2,33,34,41)/t18-,19-,20?,21-,22-,25+/m0/s1. The number of terminal acetylenes is 1. The molecular weight excluding hydrogens is 526 g/mol. The number of piperidine rings is 1. The van der Waals surface area contributed by atoms with Gasteiger partial charge in [-0.3, -0.25) is 24.0 Å². The van der Waals surface area contributed by atoms with Crippen molar-refractivity contribution < 1.29 is 28.8 Å².